The van der Waals surface area contributed by atoms with Crippen LogP contribution in [0.4, 0.5) is 5.69 Å². The van der Waals surface area contributed by atoms with Gasteiger partial charge in [0, 0.05) is 32.1 Å². The Balaban J connectivity index is 1.87. The van der Waals surface area contributed by atoms with Crippen LogP contribution < -0.4 is 4.90 Å². The fourth-order valence-corrected chi connectivity index (χ4v) is 2.82. The minimum absolute atomic E-state index is 0.0725. The van der Waals surface area contributed by atoms with Crippen LogP contribution >= 0.6 is 0 Å². The van der Waals surface area contributed by atoms with E-state index >= 15 is 0 Å². The van der Waals surface area contributed by atoms with Gasteiger partial charge in [0.15, 0.2) is 0 Å². The largest absolute Gasteiger partial charge is 0.389 e. The summed E-state index contributed by atoms with van der Waals surface area (Å²) in [5.41, 5.74) is 1.85. The Hall–Kier alpha value is -1.88. The molecule has 0 spiro atoms. The Labute approximate surface area is 111 Å². The van der Waals surface area contributed by atoms with Crippen LogP contribution in [0, 0.1) is 0 Å². The second-order valence-electron chi connectivity index (χ2n) is 5.13. The van der Waals surface area contributed by atoms with Gasteiger partial charge in [-0.05, 0) is 11.6 Å². The number of fused-ring (bicyclic) bond motifs is 1. The summed E-state index contributed by atoms with van der Waals surface area (Å²) >= 11 is 0. The lowest BCUT2D eigenvalue weighted by Crippen LogP contribution is -2.59. The highest BCUT2D eigenvalue weighted by Crippen LogP contribution is 2.33. The van der Waals surface area contributed by atoms with Gasteiger partial charge in [-0.1, -0.05) is 18.2 Å². The summed E-state index contributed by atoms with van der Waals surface area (Å²) in [6, 6.07) is 7.15. The maximum absolute atomic E-state index is 12.4. The molecule has 1 N–H and O–H groups in total. The summed E-state index contributed by atoms with van der Waals surface area (Å²) < 4.78 is 0. The van der Waals surface area contributed by atoms with E-state index in [1.54, 1.807) is 9.80 Å². The summed E-state index contributed by atoms with van der Waals surface area (Å²) in [5.74, 6) is -0.193. The highest BCUT2D eigenvalue weighted by molar-refractivity contribution is 6.02. The molecule has 100 valence electrons. The van der Waals surface area contributed by atoms with Crippen LogP contribution in [0.25, 0.3) is 0 Å². The van der Waals surface area contributed by atoms with Gasteiger partial charge in [0.05, 0.1) is 6.10 Å². The van der Waals surface area contributed by atoms with Gasteiger partial charge in [0.1, 0.15) is 6.04 Å². The lowest BCUT2D eigenvalue weighted by molar-refractivity contribution is -0.143. The molecule has 1 saturated heterocycles. The van der Waals surface area contributed by atoms with Gasteiger partial charge in [0.2, 0.25) is 11.8 Å². The highest BCUT2D eigenvalue weighted by atomic mass is 16.3. The molecule has 0 radical (unpaired) electrons. The summed E-state index contributed by atoms with van der Waals surface area (Å²) in [6.45, 7) is 2.22. The van der Waals surface area contributed by atoms with Crippen molar-refractivity contribution in [2.45, 2.75) is 25.5 Å². The number of amides is 2. The number of nitrogens with zero attached hydrogens (tertiary/aromatic N) is 2. The molecule has 1 aromatic carbocycles. The van der Waals surface area contributed by atoms with Gasteiger partial charge in [-0.15, -0.1) is 0 Å². The Morgan fingerprint density at radius 3 is 2.58 bits per heavy atom. The van der Waals surface area contributed by atoms with Crippen molar-refractivity contribution in [1.82, 2.24) is 4.90 Å². The van der Waals surface area contributed by atoms with E-state index in [1.807, 2.05) is 24.3 Å². The molecule has 2 aliphatic heterocycles. The molecule has 2 heterocycles. The monoisotopic (exact) mass is 260 g/mol. The van der Waals surface area contributed by atoms with Crippen LogP contribution in [0.3, 0.4) is 0 Å². The average Bonchev–Trinajstić information content (AvgIpc) is 2.73. The zero-order valence-electron chi connectivity index (χ0n) is 10.7. The maximum atomic E-state index is 12.4. The first-order chi connectivity index (χ1) is 9.08. The van der Waals surface area contributed by atoms with Gasteiger partial charge in [-0.2, -0.15) is 0 Å². The fourth-order valence-electron chi connectivity index (χ4n) is 2.82. The zero-order chi connectivity index (χ0) is 13.6. The molecule has 1 aromatic rings. The van der Waals surface area contributed by atoms with Crippen LogP contribution in [0.15, 0.2) is 24.3 Å². The molecule has 2 aliphatic rings. The zero-order valence-corrected chi connectivity index (χ0v) is 10.7. The molecule has 0 saturated carbocycles. The Morgan fingerprint density at radius 2 is 1.95 bits per heavy atom. The van der Waals surface area contributed by atoms with Crippen LogP contribution in [0.2, 0.25) is 0 Å². The number of hydrogen-bond acceptors (Lipinski definition) is 3. The Bertz CT molecular complexity index is 537. The fraction of sp³-hybridized carbons (Fsp3) is 0.429. The Kier molecular flexibility index (Phi) is 2.78. The molecular formula is C14H16N2O3. The van der Waals surface area contributed by atoms with Gasteiger partial charge in [0.25, 0.3) is 0 Å². The molecular weight excluding hydrogens is 244 g/mol. The third-order valence-electron chi connectivity index (χ3n) is 3.77. The number of carbonyl (C=O) groups excluding carboxylic acids is 2. The third kappa shape index (κ3) is 1.90. The standard InChI is InChI=1S/C14H16N2O3/c1-9(17)16-12-5-3-2-4-10(12)6-13(16)14(19)15-7-11(18)8-15/h2-5,11,13,18H,6-8H2,1H3/t13-/m0/s1. The lowest BCUT2D eigenvalue weighted by atomic mass is 10.1. The minimum atomic E-state index is -0.456. The summed E-state index contributed by atoms with van der Waals surface area (Å²) in [6.07, 6.45) is 0.139. The van der Waals surface area contributed by atoms with E-state index in [4.69, 9.17) is 0 Å². The van der Waals surface area contributed by atoms with Gasteiger partial charge < -0.3 is 10.0 Å². The number of likely N-dealkylation sites (tertiary alicyclic amines) is 1. The molecule has 5 heteroatoms. The van der Waals surface area contributed by atoms with Crippen molar-refractivity contribution >= 4 is 17.5 Å². The predicted molar refractivity (Wildman–Crippen MR) is 69.7 cm³/mol. The second kappa shape index (κ2) is 4.35. The summed E-state index contributed by atoms with van der Waals surface area (Å²) in [4.78, 5) is 27.4. The first kappa shape index (κ1) is 12.2. The number of benzene rings is 1. The average molecular weight is 260 g/mol. The molecule has 1 atom stereocenters. The van der Waals surface area contributed by atoms with Gasteiger partial charge in [-0.3, -0.25) is 14.5 Å². The molecule has 5 nitrogen and oxygen atoms in total. The summed E-state index contributed by atoms with van der Waals surface area (Å²) in [7, 11) is 0. The molecule has 0 aromatic heterocycles. The number of aliphatic hydroxyl groups is 1. The van der Waals surface area contributed by atoms with E-state index in [9.17, 15) is 14.7 Å². The van der Waals surface area contributed by atoms with E-state index in [2.05, 4.69) is 0 Å². The molecule has 0 bridgehead atoms. The molecule has 0 aliphatic carbocycles. The third-order valence-corrected chi connectivity index (χ3v) is 3.77. The van der Waals surface area contributed by atoms with E-state index in [0.717, 1.165) is 11.3 Å². The highest BCUT2D eigenvalue weighted by Gasteiger charge is 2.41. The van der Waals surface area contributed by atoms with Crippen LogP contribution in [0.5, 0.6) is 0 Å². The van der Waals surface area contributed by atoms with Crippen molar-refractivity contribution < 1.29 is 14.7 Å². The number of rotatable bonds is 1. The summed E-state index contributed by atoms with van der Waals surface area (Å²) in [5, 5.41) is 9.28. The molecule has 3 rings (SSSR count). The van der Waals surface area contributed by atoms with Crippen LogP contribution in [0.1, 0.15) is 12.5 Å². The second-order valence-corrected chi connectivity index (χ2v) is 5.13. The minimum Gasteiger partial charge on any atom is -0.389 e. The topological polar surface area (TPSA) is 60.9 Å². The van der Waals surface area contributed by atoms with E-state index < -0.39 is 12.1 Å². The van der Waals surface area contributed by atoms with Crippen molar-refractivity contribution in [2.75, 3.05) is 18.0 Å². The van der Waals surface area contributed by atoms with E-state index in [1.165, 1.54) is 6.92 Å². The van der Waals surface area contributed by atoms with Crippen molar-refractivity contribution in [3.63, 3.8) is 0 Å². The van der Waals surface area contributed by atoms with Gasteiger partial charge in [-0.25, -0.2) is 0 Å². The van der Waals surface area contributed by atoms with Crippen molar-refractivity contribution in [3.8, 4) is 0 Å². The number of anilines is 1. The SMILES string of the molecule is CC(=O)N1c2ccccc2C[C@H]1C(=O)N1CC(O)C1. The normalized spacial score (nSPS) is 22.1. The van der Waals surface area contributed by atoms with E-state index in [-0.39, 0.29) is 11.8 Å². The number of hydrogen-bond donors (Lipinski definition) is 1. The number of carbonyl (C=O) groups is 2. The van der Waals surface area contributed by atoms with Gasteiger partial charge >= 0.3 is 0 Å². The van der Waals surface area contributed by atoms with E-state index in [0.29, 0.717) is 19.5 Å². The molecule has 0 unspecified atom stereocenters. The maximum Gasteiger partial charge on any atom is 0.246 e. The number of aliphatic hydroxyl groups excluding tert-OH is 1. The molecule has 19 heavy (non-hydrogen) atoms. The predicted octanol–water partition coefficient (Wildman–Crippen LogP) is 0.167. The Morgan fingerprint density at radius 1 is 1.26 bits per heavy atom. The van der Waals surface area contributed by atoms with Crippen molar-refractivity contribution in [1.29, 1.82) is 0 Å². The van der Waals surface area contributed by atoms with Crippen LogP contribution in [-0.2, 0) is 16.0 Å². The smallest absolute Gasteiger partial charge is 0.246 e. The van der Waals surface area contributed by atoms with Crippen LogP contribution in [-0.4, -0.2) is 47.1 Å². The molecule has 1 fully saturated rings. The van der Waals surface area contributed by atoms with Crippen molar-refractivity contribution in [3.05, 3.63) is 29.8 Å². The lowest BCUT2D eigenvalue weighted by Gasteiger charge is -2.39. The van der Waals surface area contributed by atoms with Crippen molar-refractivity contribution in [2.24, 2.45) is 0 Å². The first-order valence-corrected chi connectivity index (χ1v) is 6.42. The number of β-amino-alcohol motifs (C(OH)–C–C–N with tert-alkyl or cyclic N) is 1. The number of para-hydroxylation sites is 1. The first-order valence-electron chi connectivity index (χ1n) is 6.42. The quantitative estimate of drug-likeness (QED) is 0.783. The molecule has 2 amide bonds.